The van der Waals surface area contributed by atoms with Gasteiger partial charge in [-0.05, 0) is 10.9 Å². The van der Waals surface area contributed by atoms with E-state index in [0.717, 1.165) is 31.5 Å². The lowest BCUT2D eigenvalue weighted by Gasteiger charge is -2.10. The highest BCUT2D eigenvalue weighted by Crippen LogP contribution is 2.15. The average molecular weight is 297 g/mol. The van der Waals surface area contributed by atoms with Gasteiger partial charge in [0.05, 0.1) is 14.2 Å². The van der Waals surface area contributed by atoms with Gasteiger partial charge >= 0.3 is 0 Å². The lowest BCUT2D eigenvalue weighted by molar-refractivity contribution is 0.407. The molecule has 0 aromatic heterocycles. The summed E-state index contributed by atoms with van der Waals surface area (Å²) in [5.41, 5.74) is -1.11. The molecular weight excluding hydrogens is 287 g/mol. The predicted molar refractivity (Wildman–Crippen MR) is 70.8 cm³/mol. The summed E-state index contributed by atoms with van der Waals surface area (Å²) >= 11 is 0. The molecule has 0 unspecified atom stereocenters. The first-order valence-corrected chi connectivity index (χ1v) is 5.87. The van der Waals surface area contributed by atoms with Gasteiger partial charge in [0.25, 0.3) is 0 Å². The zero-order chi connectivity index (χ0) is 15.6. The van der Waals surface area contributed by atoms with Crippen molar-refractivity contribution in [1.29, 1.82) is 0 Å². The van der Waals surface area contributed by atoms with Crippen LogP contribution < -0.4 is 20.4 Å². The molecule has 0 fully saturated rings. The standard InChI is InChI=1S/C14H10BF4O2/c1-20-7-3-9(16)13(10(17)4-7)15-14-11(18)5-8(21-2)6-12(14)19/h3-6H,1-2H3. The van der Waals surface area contributed by atoms with Crippen LogP contribution in [0.25, 0.3) is 0 Å². The highest BCUT2D eigenvalue weighted by Gasteiger charge is 2.19. The molecule has 2 aromatic carbocycles. The van der Waals surface area contributed by atoms with E-state index in [0.29, 0.717) is 0 Å². The van der Waals surface area contributed by atoms with Gasteiger partial charge in [-0.15, -0.1) is 0 Å². The number of ether oxygens (including phenoxy) is 2. The summed E-state index contributed by atoms with van der Waals surface area (Å²) in [5, 5.41) is 0. The lowest BCUT2D eigenvalue weighted by Crippen LogP contribution is -2.36. The van der Waals surface area contributed by atoms with Gasteiger partial charge in [0.1, 0.15) is 34.8 Å². The van der Waals surface area contributed by atoms with E-state index in [4.69, 9.17) is 9.47 Å². The van der Waals surface area contributed by atoms with Crippen molar-refractivity contribution in [2.75, 3.05) is 14.2 Å². The van der Waals surface area contributed by atoms with E-state index >= 15 is 0 Å². The molecule has 0 spiro atoms. The Hall–Kier alpha value is -2.18. The van der Waals surface area contributed by atoms with Crippen LogP contribution in [0.5, 0.6) is 11.5 Å². The molecule has 0 bridgehead atoms. The number of methoxy groups -OCH3 is 2. The molecule has 0 saturated heterocycles. The second-order valence-electron chi connectivity index (χ2n) is 4.15. The minimum absolute atomic E-state index is 0.0298. The van der Waals surface area contributed by atoms with Crippen molar-refractivity contribution >= 4 is 18.2 Å². The number of hydrogen-bond donors (Lipinski definition) is 0. The van der Waals surface area contributed by atoms with Gasteiger partial charge in [0.2, 0.25) is 7.28 Å². The van der Waals surface area contributed by atoms with Gasteiger partial charge in [0.15, 0.2) is 0 Å². The topological polar surface area (TPSA) is 18.5 Å². The molecule has 1 radical (unpaired) electrons. The first-order chi connectivity index (χ1) is 9.96. The van der Waals surface area contributed by atoms with Crippen molar-refractivity contribution in [3.05, 3.63) is 47.5 Å². The minimum Gasteiger partial charge on any atom is -0.497 e. The monoisotopic (exact) mass is 297 g/mol. The average Bonchev–Trinajstić information content (AvgIpc) is 2.44. The third kappa shape index (κ3) is 3.12. The van der Waals surface area contributed by atoms with Crippen LogP contribution in [0.1, 0.15) is 0 Å². The molecule has 109 valence electrons. The molecule has 21 heavy (non-hydrogen) atoms. The Kier molecular flexibility index (Phi) is 4.40. The zero-order valence-corrected chi connectivity index (χ0v) is 11.2. The van der Waals surface area contributed by atoms with E-state index in [1.165, 1.54) is 14.2 Å². The number of halogens is 4. The van der Waals surface area contributed by atoms with Crippen molar-refractivity contribution in [2.45, 2.75) is 0 Å². The Morgan fingerprint density at radius 3 is 1.19 bits per heavy atom. The van der Waals surface area contributed by atoms with Gasteiger partial charge < -0.3 is 9.47 Å². The fraction of sp³-hybridized carbons (Fsp3) is 0.143. The molecule has 2 aromatic rings. The van der Waals surface area contributed by atoms with Gasteiger partial charge in [-0.25, -0.2) is 17.6 Å². The summed E-state index contributed by atoms with van der Waals surface area (Å²) in [6.45, 7) is 0. The van der Waals surface area contributed by atoms with E-state index in [-0.39, 0.29) is 11.5 Å². The van der Waals surface area contributed by atoms with Crippen LogP contribution in [0.3, 0.4) is 0 Å². The van der Waals surface area contributed by atoms with Crippen LogP contribution in [0.2, 0.25) is 0 Å². The fourth-order valence-corrected chi connectivity index (χ4v) is 1.78. The van der Waals surface area contributed by atoms with Crippen LogP contribution in [0.15, 0.2) is 24.3 Å². The number of hydrogen-bond acceptors (Lipinski definition) is 2. The maximum atomic E-state index is 13.8. The predicted octanol–water partition coefficient (Wildman–Crippen LogP) is 1.92. The van der Waals surface area contributed by atoms with Gasteiger partial charge in [-0.1, -0.05) is 0 Å². The summed E-state index contributed by atoms with van der Waals surface area (Å²) in [6.07, 6.45) is 0. The smallest absolute Gasteiger partial charge is 0.207 e. The van der Waals surface area contributed by atoms with Crippen LogP contribution in [-0.2, 0) is 0 Å². The Balaban J connectivity index is 2.43. The van der Waals surface area contributed by atoms with Crippen molar-refractivity contribution in [3.63, 3.8) is 0 Å². The van der Waals surface area contributed by atoms with E-state index in [1.807, 2.05) is 0 Å². The van der Waals surface area contributed by atoms with E-state index < -0.39 is 34.2 Å². The van der Waals surface area contributed by atoms with Crippen molar-refractivity contribution in [2.24, 2.45) is 0 Å². The van der Waals surface area contributed by atoms with Crippen LogP contribution in [0, 0.1) is 23.3 Å². The van der Waals surface area contributed by atoms with Crippen LogP contribution >= 0.6 is 0 Å². The van der Waals surface area contributed by atoms with E-state index in [2.05, 4.69) is 0 Å². The second kappa shape index (κ2) is 6.07. The summed E-state index contributed by atoms with van der Waals surface area (Å²) in [6, 6.07) is 3.70. The molecule has 0 N–H and O–H groups in total. The van der Waals surface area contributed by atoms with Crippen molar-refractivity contribution < 1.29 is 27.0 Å². The molecule has 0 atom stereocenters. The Labute approximate surface area is 119 Å². The third-order valence-corrected chi connectivity index (χ3v) is 2.87. The highest BCUT2D eigenvalue weighted by atomic mass is 19.1. The maximum absolute atomic E-state index is 13.8. The molecule has 2 rings (SSSR count). The molecule has 0 aliphatic heterocycles. The number of benzene rings is 2. The summed E-state index contributed by atoms with van der Waals surface area (Å²) < 4.78 is 64.5. The van der Waals surface area contributed by atoms with E-state index in [1.54, 1.807) is 0 Å². The summed E-state index contributed by atoms with van der Waals surface area (Å²) in [7, 11) is 3.26. The van der Waals surface area contributed by atoms with Crippen LogP contribution in [0.4, 0.5) is 17.6 Å². The molecular formula is C14H10BF4O2. The summed E-state index contributed by atoms with van der Waals surface area (Å²) in [4.78, 5) is 0. The van der Waals surface area contributed by atoms with Crippen molar-refractivity contribution in [3.8, 4) is 11.5 Å². The number of rotatable bonds is 4. The normalized spacial score (nSPS) is 10.4. The van der Waals surface area contributed by atoms with Crippen molar-refractivity contribution in [1.82, 2.24) is 0 Å². The highest BCUT2D eigenvalue weighted by molar-refractivity contribution is 6.67. The third-order valence-electron chi connectivity index (χ3n) is 2.87. The molecule has 0 saturated carbocycles. The second-order valence-corrected chi connectivity index (χ2v) is 4.15. The molecule has 0 aliphatic carbocycles. The molecule has 2 nitrogen and oxygen atoms in total. The Bertz CT molecular complexity index is 573. The quantitative estimate of drug-likeness (QED) is 0.634. The molecule has 7 heteroatoms. The minimum atomic E-state index is -0.985. The van der Waals surface area contributed by atoms with Crippen LogP contribution in [-0.4, -0.2) is 21.5 Å². The van der Waals surface area contributed by atoms with Gasteiger partial charge in [0, 0.05) is 24.3 Å². The Morgan fingerprint density at radius 1 is 0.667 bits per heavy atom. The molecule has 0 heterocycles. The first-order valence-electron chi connectivity index (χ1n) is 5.87. The van der Waals surface area contributed by atoms with Gasteiger partial charge in [-0.2, -0.15) is 0 Å². The lowest BCUT2D eigenvalue weighted by atomic mass is 9.63. The summed E-state index contributed by atoms with van der Waals surface area (Å²) in [5.74, 6) is -4.00. The first kappa shape index (κ1) is 15.2. The zero-order valence-electron chi connectivity index (χ0n) is 11.2. The molecule has 0 aliphatic rings. The fourth-order valence-electron chi connectivity index (χ4n) is 1.78. The Morgan fingerprint density at radius 2 is 0.952 bits per heavy atom. The SMILES string of the molecule is COc1cc(F)c([B]c2c(F)cc(OC)cc2F)c(F)c1. The van der Waals surface area contributed by atoms with Gasteiger partial charge in [-0.3, -0.25) is 0 Å². The largest absolute Gasteiger partial charge is 0.497 e. The maximum Gasteiger partial charge on any atom is 0.207 e. The van der Waals surface area contributed by atoms with E-state index in [9.17, 15) is 17.6 Å². The molecule has 0 amide bonds.